The fourth-order valence-corrected chi connectivity index (χ4v) is 5.24. The van der Waals surface area contributed by atoms with E-state index in [1.807, 2.05) is 22.9 Å². The van der Waals surface area contributed by atoms with E-state index >= 15 is 0 Å². The zero-order valence-corrected chi connectivity index (χ0v) is 19.7. The lowest BCUT2D eigenvalue weighted by atomic mass is 9.78. The molecule has 1 fully saturated rings. The molecule has 1 aliphatic carbocycles. The molecule has 1 atom stereocenters. The first-order valence-corrected chi connectivity index (χ1v) is 11.8. The molecule has 1 saturated carbocycles. The molecular weight excluding hydrogens is 404 g/mol. The van der Waals surface area contributed by atoms with Crippen LogP contribution in [0.2, 0.25) is 0 Å². The number of nitrogens with zero attached hydrogens (tertiary/aromatic N) is 2. The van der Waals surface area contributed by atoms with Crippen LogP contribution in [0.5, 0.6) is 11.5 Å². The number of fused-ring (bicyclic) bond motifs is 1. The third-order valence-electron chi connectivity index (χ3n) is 6.99. The standard InChI is InChI=1S/C25H36N4O3/c1-25(2)15-20(18-8-6-5-7-9-18)28-23-19(16-27-29(23)25)24(30)26-13-12-17-10-11-21(31-3)22(14-17)32-4/h10-11,14,16,18,20,28H,5-9,12-13,15H2,1-4H3,(H,26,30). The van der Waals surface area contributed by atoms with Crippen LogP contribution >= 0.6 is 0 Å². The Morgan fingerprint density at radius 3 is 2.66 bits per heavy atom. The summed E-state index contributed by atoms with van der Waals surface area (Å²) >= 11 is 0. The van der Waals surface area contributed by atoms with Gasteiger partial charge < -0.3 is 20.1 Å². The first-order chi connectivity index (χ1) is 15.4. The Hall–Kier alpha value is -2.70. The predicted molar refractivity (Wildman–Crippen MR) is 126 cm³/mol. The number of carbonyl (C=O) groups is 1. The van der Waals surface area contributed by atoms with Crippen LogP contribution in [-0.2, 0) is 12.0 Å². The van der Waals surface area contributed by atoms with Crippen LogP contribution in [0.4, 0.5) is 5.82 Å². The van der Waals surface area contributed by atoms with Gasteiger partial charge in [0, 0.05) is 12.6 Å². The van der Waals surface area contributed by atoms with Crippen molar-refractivity contribution in [2.45, 2.75) is 70.4 Å². The van der Waals surface area contributed by atoms with Gasteiger partial charge in [-0.3, -0.25) is 4.79 Å². The highest BCUT2D eigenvalue weighted by Crippen LogP contribution is 2.39. The average molecular weight is 441 g/mol. The summed E-state index contributed by atoms with van der Waals surface area (Å²) < 4.78 is 12.7. The summed E-state index contributed by atoms with van der Waals surface area (Å²) in [6.07, 6.45) is 9.96. The zero-order chi connectivity index (χ0) is 22.7. The third kappa shape index (κ3) is 4.57. The number of hydrogen-bond acceptors (Lipinski definition) is 5. The lowest BCUT2D eigenvalue weighted by Crippen LogP contribution is -2.46. The van der Waals surface area contributed by atoms with Crippen LogP contribution in [0.1, 0.15) is 68.3 Å². The molecule has 4 rings (SSSR count). The quantitative estimate of drug-likeness (QED) is 0.668. The molecule has 0 saturated heterocycles. The van der Waals surface area contributed by atoms with Gasteiger partial charge in [0.05, 0.1) is 26.0 Å². The minimum absolute atomic E-state index is 0.0840. The molecule has 2 N–H and O–H groups in total. The fourth-order valence-electron chi connectivity index (χ4n) is 5.24. The fraction of sp³-hybridized carbons (Fsp3) is 0.600. The number of methoxy groups -OCH3 is 2. The number of rotatable bonds is 7. The van der Waals surface area contributed by atoms with Gasteiger partial charge in [-0.25, -0.2) is 4.68 Å². The maximum absolute atomic E-state index is 13.0. The molecule has 7 heteroatoms. The molecule has 0 spiro atoms. The van der Waals surface area contributed by atoms with Crippen LogP contribution in [0.25, 0.3) is 0 Å². The zero-order valence-electron chi connectivity index (χ0n) is 19.7. The molecule has 1 aliphatic heterocycles. The maximum Gasteiger partial charge on any atom is 0.256 e. The van der Waals surface area contributed by atoms with Gasteiger partial charge in [0.1, 0.15) is 11.4 Å². The lowest BCUT2D eigenvalue weighted by Gasteiger charge is -2.42. The van der Waals surface area contributed by atoms with E-state index in [2.05, 4.69) is 29.6 Å². The molecule has 7 nitrogen and oxygen atoms in total. The second-order valence-electron chi connectivity index (χ2n) is 9.68. The molecule has 0 radical (unpaired) electrons. The number of benzene rings is 1. The molecule has 1 unspecified atom stereocenters. The summed E-state index contributed by atoms with van der Waals surface area (Å²) in [5.41, 5.74) is 1.60. The predicted octanol–water partition coefficient (Wildman–Crippen LogP) is 4.37. The second-order valence-corrected chi connectivity index (χ2v) is 9.68. The average Bonchev–Trinajstić information content (AvgIpc) is 3.24. The summed E-state index contributed by atoms with van der Waals surface area (Å²) in [6.45, 7) is 4.98. The summed E-state index contributed by atoms with van der Waals surface area (Å²) in [5, 5.41) is 11.3. The molecule has 1 amide bonds. The number of amides is 1. The van der Waals surface area contributed by atoms with Gasteiger partial charge in [-0.1, -0.05) is 25.3 Å². The van der Waals surface area contributed by atoms with E-state index in [-0.39, 0.29) is 11.4 Å². The highest BCUT2D eigenvalue weighted by atomic mass is 16.5. The smallest absolute Gasteiger partial charge is 0.256 e. The Balaban J connectivity index is 1.42. The van der Waals surface area contributed by atoms with Gasteiger partial charge >= 0.3 is 0 Å². The monoisotopic (exact) mass is 440 g/mol. The van der Waals surface area contributed by atoms with E-state index in [0.717, 1.165) is 17.8 Å². The molecule has 1 aromatic carbocycles. The van der Waals surface area contributed by atoms with Crippen molar-refractivity contribution >= 4 is 11.7 Å². The van der Waals surface area contributed by atoms with Gasteiger partial charge in [0.2, 0.25) is 0 Å². The number of ether oxygens (including phenoxy) is 2. The Kier molecular flexibility index (Phi) is 6.63. The Morgan fingerprint density at radius 2 is 1.94 bits per heavy atom. The Bertz CT molecular complexity index is 947. The normalized spacial score (nSPS) is 20.2. The van der Waals surface area contributed by atoms with Crippen molar-refractivity contribution in [1.82, 2.24) is 15.1 Å². The van der Waals surface area contributed by atoms with Gasteiger partial charge in [-0.05, 0) is 63.1 Å². The largest absolute Gasteiger partial charge is 0.493 e. The minimum Gasteiger partial charge on any atom is -0.493 e. The lowest BCUT2D eigenvalue weighted by molar-refractivity contribution is 0.0954. The van der Waals surface area contributed by atoms with Crippen molar-refractivity contribution in [2.24, 2.45) is 5.92 Å². The van der Waals surface area contributed by atoms with E-state index in [0.29, 0.717) is 42.0 Å². The van der Waals surface area contributed by atoms with Crippen molar-refractivity contribution in [3.63, 3.8) is 0 Å². The Morgan fingerprint density at radius 1 is 1.19 bits per heavy atom. The van der Waals surface area contributed by atoms with Crippen LogP contribution in [-0.4, -0.2) is 42.5 Å². The van der Waals surface area contributed by atoms with Crippen LogP contribution in [0.3, 0.4) is 0 Å². The first-order valence-electron chi connectivity index (χ1n) is 11.8. The van der Waals surface area contributed by atoms with E-state index in [1.54, 1.807) is 20.4 Å². The van der Waals surface area contributed by atoms with Gasteiger partial charge in [-0.15, -0.1) is 0 Å². The molecule has 0 bridgehead atoms. The molecule has 174 valence electrons. The number of carbonyl (C=O) groups excluding carboxylic acids is 1. The maximum atomic E-state index is 13.0. The van der Waals surface area contributed by atoms with Gasteiger partial charge in [0.15, 0.2) is 11.5 Å². The summed E-state index contributed by atoms with van der Waals surface area (Å²) in [4.78, 5) is 13.0. The van der Waals surface area contributed by atoms with Crippen molar-refractivity contribution in [3.8, 4) is 11.5 Å². The molecule has 2 aliphatic rings. The van der Waals surface area contributed by atoms with Crippen molar-refractivity contribution in [1.29, 1.82) is 0 Å². The second kappa shape index (κ2) is 9.43. The van der Waals surface area contributed by atoms with E-state index in [4.69, 9.17) is 9.47 Å². The summed E-state index contributed by atoms with van der Waals surface area (Å²) in [7, 11) is 3.25. The number of aromatic nitrogens is 2. The van der Waals surface area contributed by atoms with Gasteiger partial charge in [-0.2, -0.15) is 5.10 Å². The molecular formula is C25H36N4O3. The van der Waals surface area contributed by atoms with E-state index in [1.165, 1.54) is 32.1 Å². The first kappa shape index (κ1) is 22.5. The molecule has 2 heterocycles. The van der Waals surface area contributed by atoms with E-state index < -0.39 is 0 Å². The highest BCUT2D eigenvalue weighted by molar-refractivity contribution is 5.98. The van der Waals surface area contributed by atoms with Crippen LogP contribution in [0.15, 0.2) is 24.4 Å². The van der Waals surface area contributed by atoms with Crippen molar-refractivity contribution < 1.29 is 14.3 Å². The van der Waals surface area contributed by atoms with Crippen LogP contribution < -0.4 is 20.1 Å². The Labute approximate surface area is 190 Å². The molecule has 32 heavy (non-hydrogen) atoms. The number of nitrogens with one attached hydrogen (secondary N) is 2. The molecule has 1 aromatic heterocycles. The van der Waals surface area contributed by atoms with Crippen molar-refractivity contribution in [2.75, 3.05) is 26.1 Å². The SMILES string of the molecule is COc1ccc(CCNC(=O)c2cnn3c2NC(C2CCCCC2)CC3(C)C)cc1OC. The van der Waals surface area contributed by atoms with Crippen molar-refractivity contribution in [3.05, 3.63) is 35.5 Å². The minimum atomic E-state index is -0.110. The third-order valence-corrected chi connectivity index (χ3v) is 6.99. The number of anilines is 1. The summed E-state index contributed by atoms with van der Waals surface area (Å²) in [5.74, 6) is 2.85. The van der Waals surface area contributed by atoms with E-state index in [9.17, 15) is 4.79 Å². The van der Waals surface area contributed by atoms with Gasteiger partial charge in [0.25, 0.3) is 5.91 Å². The topological polar surface area (TPSA) is 77.4 Å². The summed E-state index contributed by atoms with van der Waals surface area (Å²) in [6, 6.07) is 6.23. The molecule has 2 aromatic rings. The number of hydrogen-bond donors (Lipinski definition) is 2. The highest BCUT2D eigenvalue weighted by Gasteiger charge is 2.39. The van der Waals surface area contributed by atoms with Crippen LogP contribution in [0, 0.1) is 5.92 Å².